The Hall–Kier alpha value is -2.14. The molecule has 0 aliphatic heterocycles. The third-order valence-electron chi connectivity index (χ3n) is 7.36. The molecule has 0 radical (unpaired) electrons. The van der Waals surface area contributed by atoms with Crippen molar-refractivity contribution >= 4 is 22.4 Å². The number of nitrogens with one attached hydrogen (secondary N) is 1. The Balaban J connectivity index is 1.29. The van der Waals surface area contributed by atoms with Crippen molar-refractivity contribution in [1.82, 2.24) is 4.98 Å². The monoisotopic (exact) mass is 436 g/mol. The molecule has 2 aromatic carbocycles. The van der Waals surface area contributed by atoms with Gasteiger partial charge in [-0.25, -0.2) is 0 Å². The van der Waals surface area contributed by atoms with E-state index in [1.54, 1.807) is 12.3 Å². The third-order valence-corrected chi connectivity index (χ3v) is 7.71. The van der Waals surface area contributed by atoms with Gasteiger partial charge in [0, 0.05) is 28.1 Å². The lowest BCUT2D eigenvalue weighted by atomic mass is 9.63. The summed E-state index contributed by atoms with van der Waals surface area (Å²) >= 11 is 6.45. The number of benzene rings is 2. The van der Waals surface area contributed by atoms with Crippen molar-refractivity contribution in [2.45, 2.75) is 62.7 Å². The standard InChI is InChI=1S/C26H29ClN2O2/c27-23-15-22-18(10-13-29-25(22)30)14-19(23)16-31-21-8-11-26(12-9-21,24(28)17-6-7-17)20-4-2-1-3-5-20/h1-5,10,13-15,17,21,24H,6-9,11-12,16,28H2,(H,29,30). The zero-order chi connectivity index (χ0) is 21.4. The second kappa shape index (κ2) is 8.42. The minimum atomic E-state index is -0.122. The maximum Gasteiger partial charge on any atom is 0.255 e. The molecule has 3 aromatic rings. The Labute approximate surface area is 187 Å². The quantitative estimate of drug-likeness (QED) is 0.549. The summed E-state index contributed by atoms with van der Waals surface area (Å²) in [6.07, 6.45) is 8.50. The van der Waals surface area contributed by atoms with Crippen molar-refractivity contribution in [1.29, 1.82) is 0 Å². The summed E-state index contributed by atoms with van der Waals surface area (Å²) < 4.78 is 6.30. The molecule has 2 aliphatic carbocycles. The van der Waals surface area contributed by atoms with Crippen LogP contribution in [0.5, 0.6) is 0 Å². The van der Waals surface area contributed by atoms with Crippen LogP contribution in [-0.2, 0) is 16.8 Å². The number of hydrogen-bond donors (Lipinski definition) is 2. The first kappa shape index (κ1) is 20.7. The maximum atomic E-state index is 12.0. The molecular weight excluding hydrogens is 408 g/mol. The van der Waals surface area contributed by atoms with Gasteiger partial charge in [0.15, 0.2) is 0 Å². The molecule has 0 spiro atoms. The van der Waals surface area contributed by atoms with E-state index in [-0.39, 0.29) is 23.1 Å². The largest absolute Gasteiger partial charge is 0.373 e. The summed E-state index contributed by atoms with van der Waals surface area (Å²) in [5.41, 5.74) is 9.08. The van der Waals surface area contributed by atoms with Crippen LogP contribution < -0.4 is 11.3 Å². The van der Waals surface area contributed by atoms with Crippen LogP contribution in [0.15, 0.2) is 59.5 Å². The lowest BCUT2D eigenvalue weighted by Gasteiger charge is -2.45. The SMILES string of the molecule is NC(C1CC1)C1(c2ccccc2)CCC(OCc2cc3cc[nH]c(=O)c3cc2Cl)CC1. The topological polar surface area (TPSA) is 68.1 Å². The number of pyridine rings is 1. The van der Waals surface area contributed by atoms with E-state index >= 15 is 0 Å². The first-order chi connectivity index (χ1) is 15.1. The molecule has 5 rings (SSSR count). The molecule has 0 saturated heterocycles. The van der Waals surface area contributed by atoms with Gasteiger partial charge in [-0.15, -0.1) is 0 Å². The molecule has 0 bridgehead atoms. The van der Waals surface area contributed by atoms with Crippen LogP contribution in [0.1, 0.15) is 49.7 Å². The minimum absolute atomic E-state index is 0.0594. The number of halogens is 1. The van der Waals surface area contributed by atoms with Crippen molar-refractivity contribution in [2.24, 2.45) is 11.7 Å². The van der Waals surface area contributed by atoms with E-state index in [0.717, 1.165) is 36.6 Å². The van der Waals surface area contributed by atoms with E-state index in [1.807, 2.05) is 12.1 Å². The lowest BCUT2D eigenvalue weighted by Crippen LogP contribution is -2.50. The van der Waals surface area contributed by atoms with Gasteiger partial charge in [-0.1, -0.05) is 41.9 Å². The third kappa shape index (κ3) is 4.05. The van der Waals surface area contributed by atoms with E-state index in [2.05, 4.69) is 35.3 Å². The van der Waals surface area contributed by atoms with Crippen LogP contribution in [-0.4, -0.2) is 17.1 Å². The number of ether oxygens (including phenoxy) is 1. The van der Waals surface area contributed by atoms with Gasteiger partial charge in [-0.3, -0.25) is 4.79 Å². The fraction of sp³-hybridized carbons (Fsp3) is 0.423. The molecule has 3 N–H and O–H groups in total. The first-order valence-corrected chi connectivity index (χ1v) is 11.7. The van der Waals surface area contributed by atoms with Gasteiger partial charge in [-0.05, 0) is 79.2 Å². The Kier molecular flexibility index (Phi) is 5.63. The predicted molar refractivity (Wildman–Crippen MR) is 125 cm³/mol. The number of hydrogen-bond acceptors (Lipinski definition) is 3. The van der Waals surface area contributed by atoms with E-state index in [1.165, 1.54) is 18.4 Å². The van der Waals surface area contributed by atoms with Crippen molar-refractivity contribution in [3.63, 3.8) is 0 Å². The van der Waals surface area contributed by atoms with Crippen LogP contribution in [0.4, 0.5) is 0 Å². The molecule has 1 heterocycles. The Morgan fingerprint density at radius 1 is 1.10 bits per heavy atom. The zero-order valence-electron chi connectivity index (χ0n) is 17.6. The average Bonchev–Trinajstić information content (AvgIpc) is 3.64. The molecule has 162 valence electrons. The summed E-state index contributed by atoms with van der Waals surface area (Å²) in [7, 11) is 0. The van der Waals surface area contributed by atoms with Gasteiger partial charge in [0.25, 0.3) is 5.56 Å². The van der Waals surface area contributed by atoms with Crippen LogP contribution in [0.25, 0.3) is 10.8 Å². The fourth-order valence-electron chi connectivity index (χ4n) is 5.34. The van der Waals surface area contributed by atoms with E-state index in [9.17, 15) is 4.79 Å². The maximum absolute atomic E-state index is 12.0. The number of nitrogens with two attached hydrogens (primary N) is 1. The number of aromatic nitrogens is 1. The fourth-order valence-corrected chi connectivity index (χ4v) is 5.56. The van der Waals surface area contributed by atoms with Crippen molar-refractivity contribution in [3.8, 4) is 0 Å². The Bertz CT molecular complexity index is 1120. The zero-order valence-corrected chi connectivity index (χ0v) is 18.4. The Morgan fingerprint density at radius 2 is 1.84 bits per heavy atom. The summed E-state index contributed by atoms with van der Waals surface area (Å²) in [5, 5.41) is 2.07. The number of H-pyrrole nitrogens is 1. The highest BCUT2D eigenvalue weighted by Gasteiger charge is 2.47. The molecule has 1 unspecified atom stereocenters. The minimum Gasteiger partial charge on any atom is -0.373 e. The molecule has 2 fully saturated rings. The van der Waals surface area contributed by atoms with E-state index in [0.29, 0.717) is 22.9 Å². The highest BCUT2D eigenvalue weighted by Crippen LogP contribution is 2.49. The molecule has 2 saturated carbocycles. The average molecular weight is 437 g/mol. The summed E-state index contributed by atoms with van der Waals surface area (Å²) in [4.78, 5) is 14.7. The number of fused-ring (bicyclic) bond motifs is 1. The summed E-state index contributed by atoms with van der Waals surface area (Å²) in [5.74, 6) is 0.664. The van der Waals surface area contributed by atoms with Crippen molar-refractivity contribution < 1.29 is 4.74 Å². The van der Waals surface area contributed by atoms with Crippen molar-refractivity contribution in [2.75, 3.05) is 0 Å². The number of aromatic amines is 1. The van der Waals surface area contributed by atoms with Gasteiger partial charge < -0.3 is 15.5 Å². The Morgan fingerprint density at radius 3 is 2.55 bits per heavy atom. The summed E-state index contributed by atoms with van der Waals surface area (Å²) in [6, 6.07) is 16.7. The summed E-state index contributed by atoms with van der Waals surface area (Å²) in [6.45, 7) is 0.458. The highest BCUT2D eigenvalue weighted by atomic mass is 35.5. The van der Waals surface area contributed by atoms with Crippen molar-refractivity contribution in [3.05, 3.63) is 81.2 Å². The smallest absolute Gasteiger partial charge is 0.255 e. The van der Waals surface area contributed by atoms with Crippen LogP contribution in [0.3, 0.4) is 0 Å². The van der Waals surface area contributed by atoms with E-state index in [4.69, 9.17) is 22.1 Å². The van der Waals surface area contributed by atoms with Gasteiger partial charge in [0.1, 0.15) is 0 Å². The normalized spacial score (nSPS) is 24.9. The highest BCUT2D eigenvalue weighted by molar-refractivity contribution is 6.32. The van der Waals surface area contributed by atoms with Crippen LogP contribution in [0.2, 0.25) is 5.02 Å². The van der Waals surface area contributed by atoms with Gasteiger partial charge in [0.05, 0.1) is 12.7 Å². The molecular formula is C26H29ClN2O2. The van der Waals surface area contributed by atoms with Crippen LogP contribution in [0, 0.1) is 5.92 Å². The molecule has 0 amide bonds. The predicted octanol–water partition coefficient (Wildman–Crippen LogP) is 5.32. The van der Waals surface area contributed by atoms with E-state index < -0.39 is 0 Å². The molecule has 31 heavy (non-hydrogen) atoms. The molecule has 2 aliphatic rings. The van der Waals surface area contributed by atoms with Gasteiger partial charge in [0.2, 0.25) is 0 Å². The number of rotatable bonds is 6. The van der Waals surface area contributed by atoms with Gasteiger partial charge >= 0.3 is 0 Å². The molecule has 1 aromatic heterocycles. The molecule has 5 heteroatoms. The molecule has 1 atom stereocenters. The van der Waals surface area contributed by atoms with Crippen LogP contribution >= 0.6 is 11.6 Å². The van der Waals surface area contributed by atoms with Gasteiger partial charge in [-0.2, -0.15) is 0 Å². The second-order valence-corrected chi connectivity index (χ2v) is 9.64. The lowest BCUT2D eigenvalue weighted by molar-refractivity contribution is -0.00305. The second-order valence-electron chi connectivity index (χ2n) is 9.23. The first-order valence-electron chi connectivity index (χ1n) is 11.3. The molecule has 4 nitrogen and oxygen atoms in total.